The molecule has 118 valence electrons. The first-order chi connectivity index (χ1) is 10.0. The molecule has 0 saturated heterocycles. The van der Waals surface area contributed by atoms with Gasteiger partial charge in [0.15, 0.2) is 18.1 Å². The largest absolute Gasteiger partial charge is 0.493 e. The molecule has 0 unspecified atom stereocenters. The summed E-state index contributed by atoms with van der Waals surface area (Å²) in [6.07, 6.45) is 0. The predicted molar refractivity (Wildman–Crippen MR) is 81.1 cm³/mol. The van der Waals surface area contributed by atoms with Gasteiger partial charge in [-0.3, -0.25) is 4.79 Å². The summed E-state index contributed by atoms with van der Waals surface area (Å²) < 4.78 is 16.3. The molecule has 0 aromatic heterocycles. The van der Waals surface area contributed by atoms with Gasteiger partial charge in [-0.15, -0.1) is 0 Å². The van der Waals surface area contributed by atoms with E-state index in [1.54, 1.807) is 28.3 Å². The number of amides is 1. The van der Waals surface area contributed by atoms with Gasteiger partial charge in [-0.1, -0.05) is 6.92 Å². The van der Waals surface area contributed by atoms with Crippen LogP contribution < -0.4 is 19.5 Å². The van der Waals surface area contributed by atoms with Crippen molar-refractivity contribution in [2.45, 2.75) is 13.5 Å². The molecule has 0 aliphatic rings. The number of carbonyl (C=O) groups is 1. The first kappa shape index (κ1) is 17.1. The minimum absolute atomic E-state index is 0.0632. The van der Waals surface area contributed by atoms with Crippen LogP contribution in [0.15, 0.2) is 12.1 Å². The van der Waals surface area contributed by atoms with E-state index >= 15 is 0 Å². The Labute approximate surface area is 126 Å². The fourth-order valence-corrected chi connectivity index (χ4v) is 1.71. The Bertz CT molecular complexity index is 450. The predicted octanol–water partition coefficient (Wildman–Crippen LogP) is 1.28. The SMILES string of the molecule is CCNCc1cc(OC)c(OCC(=O)N(C)C)c(OC)c1. The van der Waals surface area contributed by atoms with E-state index in [9.17, 15) is 4.79 Å². The highest BCUT2D eigenvalue weighted by Crippen LogP contribution is 2.38. The summed E-state index contributed by atoms with van der Waals surface area (Å²) >= 11 is 0. The third kappa shape index (κ3) is 4.82. The van der Waals surface area contributed by atoms with Gasteiger partial charge in [-0.25, -0.2) is 0 Å². The van der Waals surface area contributed by atoms with Crippen LogP contribution in [-0.4, -0.2) is 52.3 Å². The number of benzene rings is 1. The van der Waals surface area contributed by atoms with Gasteiger partial charge in [0.2, 0.25) is 5.75 Å². The van der Waals surface area contributed by atoms with E-state index < -0.39 is 0 Å². The Balaban J connectivity index is 2.97. The average Bonchev–Trinajstić information content (AvgIpc) is 2.49. The Morgan fingerprint density at radius 2 is 1.76 bits per heavy atom. The zero-order valence-electron chi connectivity index (χ0n) is 13.4. The fraction of sp³-hybridized carbons (Fsp3) is 0.533. The van der Waals surface area contributed by atoms with Gasteiger partial charge >= 0.3 is 0 Å². The van der Waals surface area contributed by atoms with Crippen molar-refractivity contribution < 1.29 is 19.0 Å². The molecule has 1 rings (SSSR count). The molecule has 0 radical (unpaired) electrons. The molecule has 0 fully saturated rings. The zero-order valence-corrected chi connectivity index (χ0v) is 13.4. The second-order valence-electron chi connectivity index (χ2n) is 4.69. The maximum Gasteiger partial charge on any atom is 0.259 e. The van der Waals surface area contributed by atoms with E-state index in [-0.39, 0.29) is 12.5 Å². The zero-order chi connectivity index (χ0) is 15.8. The minimum atomic E-state index is -0.129. The van der Waals surface area contributed by atoms with Gasteiger partial charge in [0, 0.05) is 20.6 Å². The summed E-state index contributed by atoms with van der Waals surface area (Å²) in [5, 5.41) is 3.24. The number of hydrogen-bond donors (Lipinski definition) is 1. The molecule has 1 amide bonds. The van der Waals surface area contributed by atoms with Crippen LogP contribution in [-0.2, 0) is 11.3 Å². The van der Waals surface area contributed by atoms with Crippen molar-refractivity contribution in [3.05, 3.63) is 17.7 Å². The van der Waals surface area contributed by atoms with Crippen LogP contribution in [0.2, 0.25) is 0 Å². The normalized spacial score (nSPS) is 10.1. The summed E-state index contributed by atoms with van der Waals surface area (Å²) in [6.45, 7) is 3.56. The lowest BCUT2D eigenvalue weighted by molar-refractivity contribution is -0.130. The van der Waals surface area contributed by atoms with E-state index in [0.29, 0.717) is 23.8 Å². The highest BCUT2D eigenvalue weighted by atomic mass is 16.5. The number of likely N-dealkylation sites (N-methyl/N-ethyl adjacent to an activating group) is 1. The first-order valence-electron chi connectivity index (χ1n) is 6.82. The lowest BCUT2D eigenvalue weighted by Crippen LogP contribution is -2.27. The molecule has 6 heteroatoms. The summed E-state index contributed by atoms with van der Waals surface area (Å²) in [7, 11) is 6.48. The molecule has 6 nitrogen and oxygen atoms in total. The first-order valence-corrected chi connectivity index (χ1v) is 6.82. The average molecular weight is 296 g/mol. The molecule has 1 N–H and O–H groups in total. The molecule has 0 aliphatic carbocycles. The maximum atomic E-state index is 11.6. The molecule has 0 spiro atoms. The van der Waals surface area contributed by atoms with Gasteiger partial charge in [0.1, 0.15) is 0 Å². The second-order valence-corrected chi connectivity index (χ2v) is 4.69. The molecular weight excluding hydrogens is 272 g/mol. The number of nitrogens with zero attached hydrogens (tertiary/aromatic N) is 1. The van der Waals surface area contributed by atoms with Crippen LogP contribution in [0.4, 0.5) is 0 Å². The molecule has 0 atom stereocenters. The van der Waals surface area contributed by atoms with Crippen LogP contribution in [0.5, 0.6) is 17.2 Å². The molecule has 1 aromatic carbocycles. The highest BCUT2D eigenvalue weighted by Gasteiger charge is 2.16. The number of methoxy groups -OCH3 is 2. The van der Waals surface area contributed by atoms with E-state index in [0.717, 1.165) is 12.1 Å². The number of rotatable bonds is 8. The number of ether oxygens (including phenoxy) is 3. The topological polar surface area (TPSA) is 60.0 Å². The molecule has 0 aliphatic heterocycles. The molecule has 0 saturated carbocycles. The molecule has 0 bridgehead atoms. The van der Waals surface area contributed by atoms with Gasteiger partial charge in [-0.2, -0.15) is 0 Å². The minimum Gasteiger partial charge on any atom is -0.493 e. The quantitative estimate of drug-likeness (QED) is 0.783. The van der Waals surface area contributed by atoms with Crippen molar-refractivity contribution in [2.75, 3.05) is 41.5 Å². The highest BCUT2D eigenvalue weighted by molar-refractivity contribution is 5.77. The van der Waals surface area contributed by atoms with E-state index in [2.05, 4.69) is 5.32 Å². The number of nitrogens with one attached hydrogen (secondary N) is 1. The van der Waals surface area contributed by atoms with Crippen molar-refractivity contribution in [1.29, 1.82) is 0 Å². The third-order valence-corrected chi connectivity index (χ3v) is 2.94. The smallest absolute Gasteiger partial charge is 0.259 e. The van der Waals surface area contributed by atoms with Crippen molar-refractivity contribution in [3.8, 4) is 17.2 Å². The van der Waals surface area contributed by atoms with Crippen molar-refractivity contribution in [2.24, 2.45) is 0 Å². The standard InChI is InChI=1S/C15H24N2O4/c1-6-16-9-11-7-12(19-4)15(13(8-11)20-5)21-10-14(18)17(2)3/h7-8,16H,6,9-10H2,1-5H3. The van der Waals surface area contributed by atoms with Crippen LogP contribution in [0.1, 0.15) is 12.5 Å². The van der Waals surface area contributed by atoms with Gasteiger partial charge < -0.3 is 24.4 Å². The molecule has 1 aromatic rings. The Morgan fingerprint density at radius 3 is 2.19 bits per heavy atom. The molecule has 0 heterocycles. The van der Waals surface area contributed by atoms with Crippen LogP contribution in [0.25, 0.3) is 0 Å². The Hall–Kier alpha value is -1.95. The van der Waals surface area contributed by atoms with Crippen LogP contribution in [0.3, 0.4) is 0 Å². The fourth-order valence-electron chi connectivity index (χ4n) is 1.71. The van der Waals surface area contributed by atoms with E-state index in [1.165, 1.54) is 4.90 Å². The Morgan fingerprint density at radius 1 is 1.19 bits per heavy atom. The monoisotopic (exact) mass is 296 g/mol. The van der Waals surface area contributed by atoms with Gasteiger partial charge in [0.05, 0.1) is 14.2 Å². The van der Waals surface area contributed by atoms with E-state index in [1.807, 2.05) is 19.1 Å². The summed E-state index contributed by atoms with van der Waals surface area (Å²) in [4.78, 5) is 13.1. The van der Waals surface area contributed by atoms with Gasteiger partial charge in [-0.05, 0) is 24.2 Å². The lowest BCUT2D eigenvalue weighted by Gasteiger charge is -2.17. The van der Waals surface area contributed by atoms with Crippen molar-refractivity contribution >= 4 is 5.91 Å². The van der Waals surface area contributed by atoms with Crippen LogP contribution in [0, 0.1) is 0 Å². The lowest BCUT2D eigenvalue weighted by atomic mass is 10.1. The van der Waals surface area contributed by atoms with Crippen molar-refractivity contribution in [3.63, 3.8) is 0 Å². The summed E-state index contributed by atoms with van der Waals surface area (Å²) in [6, 6.07) is 3.75. The number of hydrogen-bond acceptors (Lipinski definition) is 5. The number of carbonyl (C=O) groups excluding carboxylic acids is 1. The van der Waals surface area contributed by atoms with E-state index in [4.69, 9.17) is 14.2 Å². The second kappa shape index (κ2) is 8.36. The van der Waals surface area contributed by atoms with Gasteiger partial charge in [0.25, 0.3) is 5.91 Å². The maximum absolute atomic E-state index is 11.6. The summed E-state index contributed by atoms with van der Waals surface area (Å²) in [5.74, 6) is 1.41. The summed E-state index contributed by atoms with van der Waals surface area (Å²) in [5.41, 5.74) is 1.02. The third-order valence-electron chi connectivity index (χ3n) is 2.94. The van der Waals surface area contributed by atoms with Crippen molar-refractivity contribution in [1.82, 2.24) is 10.2 Å². The van der Waals surface area contributed by atoms with Crippen LogP contribution >= 0.6 is 0 Å². The molecule has 21 heavy (non-hydrogen) atoms. The molecular formula is C15H24N2O4. The Kier molecular flexibility index (Phi) is 6.81.